The van der Waals surface area contributed by atoms with Crippen LogP contribution in [0.15, 0.2) is 30.3 Å². The first kappa shape index (κ1) is 13.6. The van der Waals surface area contributed by atoms with Crippen molar-refractivity contribution >= 4 is 5.69 Å². The standard InChI is InChI=1S/C17H21NO/c1-11-9-12(2)16(13(3)10-11)15-6-4-5-14(7-8-19)17(15)18/h4-6,9-10,19H,7-8,18H2,1-3H3. The summed E-state index contributed by atoms with van der Waals surface area (Å²) in [6, 6.07) is 10.4. The molecule has 0 aliphatic heterocycles. The fraction of sp³-hybridized carbons (Fsp3) is 0.294. The largest absolute Gasteiger partial charge is 0.398 e. The molecule has 0 unspecified atom stereocenters. The molecule has 2 nitrogen and oxygen atoms in total. The Labute approximate surface area is 114 Å². The van der Waals surface area contributed by atoms with Crippen LogP contribution in [0.1, 0.15) is 22.3 Å². The van der Waals surface area contributed by atoms with Gasteiger partial charge in [-0.25, -0.2) is 0 Å². The molecule has 0 radical (unpaired) electrons. The summed E-state index contributed by atoms with van der Waals surface area (Å²) in [5.41, 5.74) is 14.1. The molecule has 0 aliphatic carbocycles. The molecular weight excluding hydrogens is 234 g/mol. The summed E-state index contributed by atoms with van der Waals surface area (Å²) in [6.07, 6.45) is 0.601. The summed E-state index contributed by atoms with van der Waals surface area (Å²) in [5, 5.41) is 9.10. The summed E-state index contributed by atoms with van der Waals surface area (Å²) in [7, 11) is 0. The van der Waals surface area contributed by atoms with E-state index < -0.39 is 0 Å². The number of nitrogens with two attached hydrogens (primary N) is 1. The highest BCUT2D eigenvalue weighted by Crippen LogP contribution is 2.34. The highest BCUT2D eigenvalue weighted by atomic mass is 16.2. The Kier molecular flexibility index (Phi) is 3.91. The van der Waals surface area contributed by atoms with Crippen molar-refractivity contribution in [2.75, 3.05) is 12.3 Å². The van der Waals surface area contributed by atoms with Gasteiger partial charge in [-0.05, 0) is 49.4 Å². The second kappa shape index (κ2) is 5.45. The normalized spacial score (nSPS) is 10.7. The number of aliphatic hydroxyl groups excluding tert-OH is 1. The molecule has 0 saturated carbocycles. The van der Waals surface area contributed by atoms with Crippen molar-refractivity contribution in [2.45, 2.75) is 27.2 Å². The van der Waals surface area contributed by atoms with Gasteiger partial charge in [0.15, 0.2) is 0 Å². The van der Waals surface area contributed by atoms with Crippen LogP contribution < -0.4 is 5.73 Å². The third-order valence-corrected chi connectivity index (χ3v) is 3.52. The van der Waals surface area contributed by atoms with Crippen LogP contribution in [0.5, 0.6) is 0 Å². The zero-order chi connectivity index (χ0) is 14.0. The molecule has 0 heterocycles. The van der Waals surface area contributed by atoms with Gasteiger partial charge in [0.25, 0.3) is 0 Å². The Balaban J connectivity index is 2.63. The molecule has 2 aromatic carbocycles. The zero-order valence-corrected chi connectivity index (χ0v) is 11.8. The Morgan fingerprint density at radius 3 is 2.26 bits per heavy atom. The molecule has 0 aliphatic rings. The minimum absolute atomic E-state index is 0.125. The van der Waals surface area contributed by atoms with E-state index in [2.05, 4.69) is 39.0 Å². The quantitative estimate of drug-likeness (QED) is 0.826. The molecule has 100 valence electrons. The van der Waals surface area contributed by atoms with Gasteiger partial charge in [0, 0.05) is 17.9 Å². The first-order valence-electron chi connectivity index (χ1n) is 6.61. The van der Waals surface area contributed by atoms with Crippen LogP contribution in [-0.4, -0.2) is 11.7 Å². The van der Waals surface area contributed by atoms with E-state index >= 15 is 0 Å². The van der Waals surface area contributed by atoms with Crippen LogP contribution in [0.25, 0.3) is 11.1 Å². The van der Waals surface area contributed by atoms with Crippen LogP contribution >= 0.6 is 0 Å². The van der Waals surface area contributed by atoms with E-state index in [1.54, 1.807) is 0 Å². The van der Waals surface area contributed by atoms with Crippen molar-refractivity contribution in [3.63, 3.8) is 0 Å². The molecule has 2 aromatic rings. The van der Waals surface area contributed by atoms with Crippen molar-refractivity contribution in [2.24, 2.45) is 0 Å². The number of rotatable bonds is 3. The highest BCUT2D eigenvalue weighted by Gasteiger charge is 2.11. The van der Waals surface area contributed by atoms with Crippen LogP contribution in [0, 0.1) is 20.8 Å². The minimum atomic E-state index is 0.125. The van der Waals surface area contributed by atoms with Crippen LogP contribution in [0.4, 0.5) is 5.69 Å². The zero-order valence-electron chi connectivity index (χ0n) is 11.8. The van der Waals surface area contributed by atoms with Gasteiger partial charge < -0.3 is 10.8 Å². The van der Waals surface area contributed by atoms with E-state index in [-0.39, 0.29) is 6.61 Å². The van der Waals surface area contributed by atoms with E-state index in [0.717, 1.165) is 16.8 Å². The number of nitrogen functional groups attached to an aromatic ring is 1. The third kappa shape index (κ3) is 2.64. The van der Waals surface area contributed by atoms with Gasteiger partial charge in [0.05, 0.1) is 0 Å². The van der Waals surface area contributed by atoms with Gasteiger partial charge >= 0.3 is 0 Å². The fourth-order valence-corrected chi connectivity index (χ4v) is 2.77. The summed E-state index contributed by atoms with van der Waals surface area (Å²) < 4.78 is 0. The van der Waals surface area contributed by atoms with Gasteiger partial charge in [-0.2, -0.15) is 0 Å². The lowest BCUT2D eigenvalue weighted by molar-refractivity contribution is 0.300. The Bertz CT molecular complexity index is 579. The maximum atomic E-state index is 9.10. The molecule has 0 spiro atoms. The monoisotopic (exact) mass is 255 g/mol. The topological polar surface area (TPSA) is 46.2 Å². The minimum Gasteiger partial charge on any atom is -0.398 e. The van der Waals surface area contributed by atoms with Crippen LogP contribution in [-0.2, 0) is 6.42 Å². The number of hydrogen-bond donors (Lipinski definition) is 2. The molecule has 2 rings (SSSR count). The molecule has 0 bridgehead atoms. The predicted molar refractivity (Wildman–Crippen MR) is 81.3 cm³/mol. The number of anilines is 1. The van der Waals surface area contributed by atoms with Gasteiger partial charge in [0.2, 0.25) is 0 Å². The summed E-state index contributed by atoms with van der Waals surface area (Å²) in [6.45, 7) is 6.47. The van der Waals surface area contributed by atoms with Gasteiger partial charge in [0.1, 0.15) is 0 Å². The number of para-hydroxylation sites is 1. The molecular formula is C17H21NO. The SMILES string of the molecule is Cc1cc(C)c(-c2cccc(CCO)c2N)c(C)c1. The molecule has 3 N–H and O–H groups in total. The van der Waals surface area contributed by atoms with Crippen molar-refractivity contribution < 1.29 is 5.11 Å². The smallest absolute Gasteiger partial charge is 0.0472 e. The second-order valence-corrected chi connectivity index (χ2v) is 5.13. The molecule has 0 amide bonds. The van der Waals surface area contributed by atoms with Crippen molar-refractivity contribution in [3.05, 3.63) is 52.6 Å². The number of aliphatic hydroxyl groups is 1. The lowest BCUT2D eigenvalue weighted by Gasteiger charge is -2.16. The lowest BCUT2D eigenvalue weighted by atomic mass is 9.91. The molecule has 0 fully saturated rings. The lowest BCUT2D eigenvalue weighted by Crippen LogP contribution is -2.01. The average Bonchev–Trinajstić information content (AvgIpc) is 2.32. The summed E-state index contributed by atoms with van der Waals surface area (Å²) >= 11 is 0. The van der Waals surface area contributed by atoms with E-state index in [0.29, 0.717) is 6.42 Å². The summed E-state index contributed by atoms with van der Waals surface area (Å²) in [4.78, 5) is 0. The first-order chi connectivity index (χ1) is 9.04. The van der Waals surface area contributed by atoms with Gasteiger partial charge in [-0.3, -0.25) is 0 Å². The Morgan fingerprint density at radius 1 is 1.05 bits per heavy atom. The van der Waals surface area contributed by atoms with Crippen molar-refractivity contribution in [1.29, 1.82) is 0 Å². The molecule has 19 heavy (non-hydrogen) atoms. The third-order valence-electron chi connectivity index (χ3n) is 3.52. The van der Waals surface area contributed by atoms with Crippen molar-refractivity contribution in [1.82, 2.24) is 0 Å². The molecule has 2 heteroatoms. The van der Waals surface area contributed by atoms with E-state index in [4.69, 9.17) is 10.8 Å². The van der Waals surface area contributed by atoms with Gasteiger partial charge in [-0.1, -0.05) is 35.9 Å². The number of hydrogen-bond acceptors (Lipinski definition) is 2. The maximum absolute atomic E-state index is 9.10. The Morgan fingerprint density at radius 2 is 1.68 bits per heavy atom. The molecule has 0 aromatic heterocycles. The second-order valence-electron chi connectivity index (χ2n) is 5.13. The Hall–Kier alpha value is -1.80. The van der Waals surface area contributed by atoms with Crippen LogP contribution in [0.3, 0.4) is 0 Å². The average molecular weight is 255 g/mol. The maximum Gasteiger partial charge on any atom is 0.0472 e. The number of benzene rings is 2. The van der Waals surface area contributed by atoms with Gasteiger partial charge in [-0.15, -0.1) is 0 Å². The number of aryl methyl sites for hydroxylation is 3. The highest BCUT2D eigenvalue weighted by molar-refractivity contribution is 5.82. The first-order valence-corrected chi connectivity index (χ1v) is 6.61. The van der Waals surface area contributed by atoms with E-state index in [9.17, 15) is 0 Å². The van der Waals surface area contributed by atoms with E-state index in [1.807, 2.05) is 12.1 Å². The molecule has 0 atom stereocenters. The predicted octanol–water partition coefficient (Wildman–Crippen LogP) is 3.40. The van der Waals surface area contributed by atoms with Crippen LogP contribution in [0.2, 0.25) is 0 Å². The van der Waals surface area contributed by atoms with Crippen molar-refractivity contribution in [3.8, 4) is 11.1 Å². The fourth-order valence-electron chi connectivity index (χ4n) is 2.77. The van der Waals surface area contributed by atoms with E-state index in [1.165, 1.54) is 22.3 Å². The molecule has 0 saturated heterocycles. The summed E-state index contributed by atoms with van der Waals surface area (Å²) in [5.74, 6) is 0.